The highest BCUT2D eigenvalue weighted by molar-refractivity contribution is 6.74. The molecule has 0 unspecified atom stereocenters. The lowest BCUT2D eigenvalue weighted by atomic mass is 10.1. The van der Waals surface area contributed by atoms with Crippen molar-refractivity contribution >= 4 is 37.5 Å². The zero-order valence-corrected chi connectivity index (χ0v) is 21.1. The summed E-state index contributed by atoms with van der Waals surface area (Å²) in [5, 5.41) is 2.84. The Bertz CT molecular complexity index is 801. The van der Waals surface area contributed by atoms with Crippen molar-refractivity contribution < 1.29 is 27.9 Å². The standard InChI is InChI=1S/C22H33ClFNO5Si/c1-8-28-20(26)16(21(27)29-9-2)14-25-18-11-10-17(23)19(24)15(18)12-13-30-31(6,7)22(3,4)5/h10-11,14,25H,8-9,12-13H2,1-7H3. The predicted molar refractivity (Wildman–Crippen MR) is 123 cm³/mol. The molecule has 0 heterocycles. The van der Waals surface area contributed by atoms with Crippen LogP contribution in [0.15, 0.2) is 23.9 Å². The maximum Gasteiger partial charge on any atom is 0.347 e. The van der Waals surface area contributed by atoms with Crippen molar-refractivity contribution in [1.82, 2.24) is 0 Å². The molecule has 6 nitrogen and oxygen atoms in total. The number of benzene rings is 1. The van der Waals surface area contributed by atoms with E-state index in [1.165, 1.54) is 6.07 Å². The molecule has 0 radical (unpaired) electrons. The summed E-state index contributed by atoms with van der Waals surface area (Å²) >= 11 is 5.97. The van der Waals surface area contributed by atoms with E-state index in [2.05, 4.69) is 39.2 Å². The smallest absolute Gasteiger partial charge is 0.347 e. The van der Waals surface area contributed by atoms with Gasteiger partial charge in [0.2, 0.25) is 0 Å². The first kappa shape index (κ1) is 27.1. The quantitative estimate of drug-likeness (QED) is 0.160. The number of nitrogens with one attached hydrogen (secondary N) is 1. The SMILES string of the molecule is CCOC(=O)C(=CNc1ccc(Cl)c(F)c1CCO[Si](C)(C)C(C)(C)C)C(=O)OCC. The highest BCUT2D eigenvalue weighted by Gasteiger charge is 2.37. The predicted octanol–water partition coefficient (Wildman–Crippen LogP) is 5.47. The molecular formula is C22H33ClFNO5Si. The van der Waals surface area contributed by atoms with Crippen LogP contribution in [0.2, 0.25) is 23.2 Å². The van der Waals surface area contributed by atoms with E-state index in [9.17, 15) is 14.0 Å². The van der Waals surface area contributed by atoms with Crippen molar-refractivity contribution in [2.24, 2.45) is 0 Å². The molecule has 0 aliphatic carbocycles. The van der Waals surface area contributed by atoms with Crippen molar-refractivity contribution in [3.8, 4) is 0 Å². The van der Waals surface area contributed by atoms with E-state index in [-0.39, 0.29) is 35.3 Å². The topological polar surface area (TPSA) is 73.9 Å². The second-order valence-corrected chi connectivity index (χ2v) is 13.6. The molecule has 0 amide bonds. The Kier molecular flexibility index (Phi) is 10.2. The van der Waals surface area contributed by atoms with Gasteiger partial charge in [0, 0.05) is 24.1 Å². The lowest BCUT2D eigenvalue weighted by Gasteiger charge is -2.36. The van der Waals surface area contributed by atoms with Crippen molar-refractivity contribution in [1.29, 1.82) is 0 Å². The Hall–Kier alpha value is -1.90. The fourth-order valence-electron chi connectivity index (χ4n) is 2.37. The summed E-state index contributed by atoms with van der Waals surface area (Å²) in [6.07, 6.45) is 1.43. The van der Waals surface area contributed by atoms with E-state index in [0.29, 0.717) is 17.9 Å². The van der Waals surface area contributed by atoms with Crippen LogP contribution in [0.25, 0.3) is 0 Å². The minimum Gasteiger partial charge on any atom is -0.462 e. The van der Waals surface area contributed by atoms with Gasteiger partial charge in [-0.3, -0.25) is 0 Å². The molecule has 0 saturated carbocycles. The number of rotatable bonds is 10. The van der Waals surface area contributed by atoms with Crippen LogP contribution in [-0.4, -0.2) is 40.1 Å². The van der Waals surface area contributed by atoms with E-state index in [4.69, 9.17) is 25.5 Å². The summed E-state index contributed by atoms with van der Waals surface area (Å²) in [6.45, 7) is 14.4. The Morgan fingerprint density at radius 1 is 1.13 bits per heavy atom. The van der Waals surface area contributed by atoms with Crippen LogP contribution in [0, 0.1) is 5.82 Å². The molecule has 9 heteroatoms. The summed E-state index contributed by atoms with van der Waals surface area (Å²) < 4.78 is 30.7. The Labute approximate surface area is 190 Å². The molecular weight excluding hydrogens is 441 g/mol. The molecule has 174 valence electrons. The average Bonchev–Trinajstić information content (AvgIpc) is 2.66. The third-order valence-corrected chi connectivity index (χ3v) is 10.0. The van der Waals surface area contributed by atoms with Gasteiger partial charge in [-0.2, -0.15) is 0 Å². The van der Waals surface area contributed by atoms with Crippen molar-refractivity contribution in [3.63, 3.8) is 0 Å². The molecule has 1 aromatic rings. The first-order chi connectivity index (χ1) is 14.4. The van der Waals surface area contributed by atoms with E-state index >= 15 is 0 Å². The molecule has 0 atom stereocenters. The molecule has 0 saturated heterocycles. The Morgan fingerprint density at radius 3 is 2.16 bits per heavy atom. The Morgan fingerprint density at radius 2 is 1.68 bits per heavy atom. The minimum absolute atomic E-state index is 0.0205. The van der Waals surface area contributed by atoms with Crippen LogP contribution in [0.5, 0.6) is 0 Å². The maximum atomic E-state index is 14.8. The third kappa shape index (κ3) is 7.62. The molecule has 31 heavy (non-hydrogen) atoms. The number of ether oxygens (including phenoxy) is 2. The summed E-state index contributed by atoms with van der Waals surface area (Å²) in [4.78, 5) is 24.2. The number of carbonyl (C=O) groups is 2. The number of anilines is 1. The number of halogens is 2. The van der Waals surface area contributed by atoms with Crippen LogP contribution in [0.1, 0.15) is 40.2 Å². The number of hydrogen-bond acceptors (Lipinski definition) is 6. The molecule has 0 aliphatic heterocycles. The van der Waals surface area contributed by atoms with Crippen LogP contribution < -0.4 is 5.32 Å². The van der Waals surface area contributed by atoms with Crippen molar-refractivity contribution in [2.45, 2.75) is 59.2 Å². The van der Waals surface area contributed by atoms with E-state index < -0.39 is 26.1 Å². The molecule has 1 N–H and O–H groups in total. The van der Waals surface area contributed by atoms with Crippen molar-refractivity contribution in [2.75, 3.05) is 25.1 Å². The molecule has 1 rings (SSSR count). The first-order valence-corrected chi connectivity index (χ1v) is 13.6. The van der Waals surface area contributed by atoms with Gasteiger partial charge in [0.25, 0.3) is 0 Å². The fourth-order valence-corrected chi connectivity index (χ4v) is 3.59. The van der Waals surface area contributed by atoms with Gasteiger partial charge < -0.3 is 19.2 Å². The second-order valence-electron chi connectivity index (χ2n) is 8.39. The molecule has 0 fully saturated rings. The van der Waals surface area contributed by atoms with E-state index in [1.807, 2.05) is 0 Å². The molecule has 0 bridgehead atoms. The van der Waals surface area contributed by atoms with Gasteiger partial charge in [-0.15, -0.1) is 0 Å². The second kappa shape index (κ2) is 11.6. The molecule has 0 aromatic heterocycles. The third-order valence-electron chi connectivity index (χ3n) is 5.18. The molecule has 1 aromatic carbocycles. The Balaban J connectivity index is 3.14. The van der Waals surface area contributed by atoms with Gasteiger partial charge in [-0.05, 0) is 50.5 Å². The largest absolute Gasteiger partial charge is 0.462 e. The van der Waals surface area contributed by atoms with Gasteiger partial charge in [0.1, 0.15) is 5.82 Å². The lowest BCUT2D eigenvalue weighted by molar-refractivity contribution is -0.146. The monoisotopic (exact) mass is 473 g/mol. The number of hydrogen-bond donors (Lipinski definition) is 1. The van der Waals surface area contributed by atoms with Crippen LogP contribution >= 0.6 is 11.6 Å². The summed E-state index contributed by atoms with van der Waals surface area (Å²) in [5.41, 5.74) is 0.351. The molecule has 0 spiro atoms. The van der Waals surface area contributed by atoms with Gasteiger partial charge in [-0.1, -0.05) is 32.4 Å². The summed E-state index contributed by atoms with van der Waals surface area (Å²) in [6, 6.07) is 2.98. The average molecular weight is 474 g/mol. The highest BCUT2D eigenvalue weighted by Crippen LogP contribution is 2.37. The minimum atomic E-state index is -2.00. The van der Waals surface area contributed by atoms with Crippen LogP contribution in [-0.2, 0) is 29.9 Å². The van der Waals surface area contributed by atoms with Crippen LogP contribution in [0.3, 0.4) is 0 Å². The number of carbonyl (C=O) groups excluding carboxylic acids is 2. The van der Waals surface area contributed by atoms with E-state index in [1.54, 1.807) is 19.9 Å². The fraction of sp³-hybridized carbons (Fsp3) is 0.545. The maximum absolute atomic E-state index is 14.8. The van der Waals surface area contributed by atoms with Gasteiger partial charge in [0.15, 0.2) is 13.9 Å². The summed E-state index contributed by atoms with van der Waals surface area (Å²) in [7, 11) is -2.00. The number of esters is 2. The zero-order valence-electron chi connectivity index (χ0n) is 19.4. The molecule has 0 aliphatic rings. The van der Waals surface area contributed by atoms with Gasteiger partial charge in [-0.25, -0.2) is 14.0 Å². The highest BCUT2D eigenvalue weighted by atomic mass is 35.5. The summed E-state index contributed by atoms with van der Waals surface area (Å²) in [5.74, 6) is -2.23. The first-order valence-electron chi connectivity index (χ1n) is 10.3. The van der Waals surface area contributed by atoms with E-state index in [0.717, 1.165) is 6.20 Å². The van der Waals surface area contributed by atoms with Gasteiger partial charge in [0.05, 0.1) is 18.2 Å². The van der Waals surface area contributed by atoms with Crippen LogP contribution in [0.4, 0.5) is 10.1 Å². The van der Waals surface area contributed by atoms with Crippen molar-refractivity contribution in [3.05, 3.63) is 40.3 Å². The lowest BCUT2D eigenvalue weighted by Crippen LogP contribution is -2.41. The zero-order chi connectivity index (χ0) is 23.8. The van der Waals surface area contributed by atoms with Gasteiger partial charge >= 0.3 is 11.9 Å². The normalized spacial score (nSPS) is 11.6.